The van der Waals surface area contributed by atoms with E-state index in [9.17, 15) is 4.80 Å². The molecular formula is C10H24OSi. The van der Waals surface area contributed by atoms with Crippen LogP contribution in [0.1, 0.15) is 41.5 Å². The molecule has 0 amide bonds. The molecular weight excluding hydrogens is 164 g/mol. The van der Waals surface area contributed by atoms with Gasteiger partial charge in [-0.05, 0) is 23.0 Å². The van der Waals surface area contributed by atoms with Gasteiger partial charge in [-0.15, -0.1) is 0 Å². The van der Waals surface area contributed by atoms with E-state index in [1.54, 1.807) is 0 Å². The standard InChI is InChI=1S/C10H24OSi/c1-7-12(11,8-2)10(5,6)9(3)4/h9,11H,7-8H2,1-6H3. The van der Waals surface area contributed by atoms with Gasteiger partial charge in [0.2, 0.25) is 0 Å². The van der Waals surface area contributed by atoms with Gasteiger partial charge in [-0.25, -0.2) is 0 Å². The summed E-state index contributed by atoms with van der Waals surface area (Å²) in [5.41, 5.74) is 0. The summed E-state index contributed by atoms with van der Waals surface area (Å²) in [6.45, 7) is 13.1. The molecule has 1 N–H and O–H groups in total. The molecule has 0 saturated heterocycles. The third-order valence-electron chi connectivity index (χ3n) is 3.81. The van der Waals surface area contributed by atoms with Crippen molar-refractivity contribution in [3.8, 4) is 0 Å². The molecule has 0 atom stereocenters. The lowest BCUT2D eigenvalue weighted by Crippen LogP contribution is -2.46. The van der Waals surface area contributed by atoms with Crippen LogP contribution in [0.15, 0.2) is 0 Å². The van der Waals surface area contributed by atoms with Gasteiger partial charge < -0.3 is 4.80 Å². The Morgan fingerprint density at radius 3 is 1.58 bits per heavy atom. The maximum absolute atomic E-state index is 10.5. The number of hydrogen-bond acceptors (Lipinski definition) is 1. The van der Waals surface area contributed by atoms with Crippen molar-refractivity contribution in [3.63, 3.8) is 0 Å². The second-order valence-corrected chi connectivity index (χ2v) is 9.38. The number of rotatable bonds is 4. The lowest BCUT2D eigenvalue weighted by Gasteiger charge is -2.42. The molecule has 0 aromatic carbocycles. The van der Waals surface area contributed by atoms with Crippen LogP contribution in [0.3, 0.4) is 0 Å². The molecule has 0 aliphatic rings. The molecule has 0 rings (SSSR count). The van der Waals surface area contributed by atoms with E-state index in [4.69, 9.17) is 0 Å². The highest BCUT2D eigenvalue weighted by Gasteiger charge is 2.45. The second kappa shape index (κ2) is 3.92. The normalized spacial score (nSPS) is 14.0. The molecule has 1 nitrogen and oxygen atoms in total. The van der Waals surface area contributed by atoms with Crippen molar-refractivity contribution >= 4 is 8.32 Å². The fourth-order valence-corrected chi connectivity index (χ4v) is 5.10. The van der Waals surface area contributed by atoms with E-state index in [1.807, 2.05) is 0 Å². The topological polar surface area (TPSA) is 20.2 Å². The quantitative estimate of drug-likeness (QED) is 0.670. The molecule has 0 aliphatic carbocycles. The van der Waals surface area contributed by atoms with Gasteiger partial charge in [0.25, 0.3) is 0 Å². The first-order valence-electron chi connectivity index (χ1n) is 5.04. The molecule has 0 aliphatic heterocycles. The smallest absolute Gasteiger partial charge is 0.193 e. The van der Waals surface area contributed by atoms with Crippen LogP contribution in [0.25, 0.3) is 0 Å². The summed E-state index contributed by atoms with van der Waals surface area (Å²) in [4.78, 5) is 10.5. The van der Waals surface area contributed by atoms with E-state index in [2.05, 4.69) is 41.5 Å². The Kier molecular flexibility index (Phi) is 3.98. The summed E-state index contributed by atoms with van der Waals surface area (Å²) in [6.07, 6.45) is 0. The van der Waals surface area contributed by atoms with Gasteiger partial charge in [-0.3, -0.25) is 0 Å². The van der Waals surface area contributed by atoms with Crippen LogP contribution in [-0.4, -0.2) is 13.1 Å². The summed E-state index contributed by atoms with van der Waals surface area (Å²) < 4.78 is 0. The average Bonchev–Trinajstić information content (AvgIpc) is 2.02. The highest BCUT2D eigenvalue weighted by Crippen LogP contribution is 2.46. The predicted octanol–water partition coefficient (Wildman–Crippen LogP) is 3.40. The van der Waals surface area contributed by atoms with Crippen molar-refractivity contribution < 1.29 is 4.80 Å². The van der Waals surface area contributed by atoms with E-state index in [0.717, 1.165) is 12.1 Å². The highest BCUT2D eigenvalue weighted by molar-refractivity contribution is 6.75. The predicted molar refractivity (Wildman–Crippen MR) is 57.8 cm³/mol. The molecule has 2 heteroatoms. The van der Waals surface area contributed by atoms with E-state index >= 15 is 0 Å². The van der Waals surface area contributed by atoms with E-state index in [1.165, 1.54) is 0 Å². The molecule has 0 unspecified atom stereocenters. The Hall–Kier alpha value is 0.177. The molecule has 0 spiro atoms. The molecule has 0 radical (unpaired) electrons. The third kappa shape index (κ3) is 1.91. The van der Waals surface area contributed by atoms with Crippen molar-refractivity contribution in [1.29, 1.82) is 0 Å². The van der Waals surface area contributed by atoms with E-state index < -0.39 is 8.32 Å². The zero-order valence-corrected chi connectivity index (χ0v) is 10.4. The van der Waals surface area contributed by atoms with Crippen LogP contribution in [0.4, 0.5) is 0 Å². The van der Waals surface area contributed by atoms with Gasteiger partial charge in [0, 0.05) is 0 Å². The summed E-state index contributed by atoms with van der Waals surface area (Å²) in [5, 5.41) is 0.149. The Morgan fingerprint density at radius 2 is 1.50 bits per heavy atom. The van der Waals surface area contributed by atoms with Crippen molar-refractivity contribution in [1.82, 2.24) is 0 Å². The van der Waals surface area contributed by atoms with E-state index in [-0.39, 0.29) is 5.04 Å². The van der Waals surface area contributed by atoms with Crippen molar-refractivity contribution in [2.75, 3.05) is 0 Å². The summed E-state index contributed by atoms with van der Waals surface area (Å²) in [7, 11) is -1.99. The molecule has 0 aromatic heterocycles. The number of hydrogen-bond donors (Lipinski definition) is 1. The average molecular weight is 188 g/mol. The minimum Gasteiger partial charge on any atom is -0.431 e. The zero-order valence-electron chi connectivity index (χ0n) is 9.44. The largest absolute Gasteiger partial charge is 0.431 e. The first kappa shape index (κ1) is 12.2. The fourth-order valence-electron chi connectivity index (χ4n) is 1.70. The lowest BCUT2D eigenvalue weighted by atomic mass is 9.99. The van der Waals surface area contributed by atoms with Crippen LogP contribution in [0.2, 0.25) is 17.1 Å². The fraction of sp³-hybridized carbons (Fsp3) is 1.00. The van der Waals surface area contributed by atoms with Crippen LogP contribution in [-0.2, 0) is 0 Å². The van der Waals surface area contributed by atoms with Gasteiger partial charge in [-0.2, -0.15) is 0 Å². The van der Waals surface area contributed by atoms with Gasteiger partial charge in [0.15, 0.2) is 8.32 Å². The molecule has 0 aromatic rings. The first-order chi connectivity index (χ1) is 5.31. The lowest BCUT2D eigenvalue weighted by molar-refractivity contribution is 0.376. The van der Waals surface area contributed by atoms with Crippen LogP contribution < -0.4 is 0 Å². The molecule has 74 valence electrons. The Morgan fingerprint density at radius 1 is 1.17 bits per heavy atom. The molecule has 12 heavy (non-hydrogen) atoms. The third-order valence-corrected chi connectivity index (χ3v) is 9.13. The minimum atomic E-state index is -1.99. The van der Waals surface area contributed by atoms with Crippen LogP contribution >= 0.6 is 0 Å². The van der Waals surface area contributed by atoms with Crippen molar-refractivity contribution in [2.24, 2.45) is 5.92 Å². The highest BCUT2D eigenvalue weighted by atomic mass is 28.4. The molecule has 0 bridgehead atoms. The monoisotopic (exact) mass is 188 g/mol. The Bertz CT molecular complexity index is 134. The van der Waals surface area contributed by atoms with Crippen LogP contribution in [0.5, 0.6) is 0 Å². The van der Waals surface area contributed by atoms with Crippen LogP contribution in [0, 0.1) is 5.92 Å². The van der Waals surface area contributed by atoms with Gasteiger partial charge >= 0.3 is 0 Å². The zero-order chi connectivity index (χ0) is 9.99. The van der Waals surface area contributed by atoms with Gasteiger partial charge in [0.05, 0.1) is 0 Å². The van der Waals surface area contributed by atoms with Crippen molar-refractivity contribution in [2.45, 2.75) is 58.7 Å². The molecule has 0 saturated carbocycles. The minimum absolute atomic E-state index is 0.149. The van der Waals surface area contributed by atoms with E-state index in [0.29, 0.717) is 5.92 Å². The maximum Gasteiger partial charge on any atom is 0.193 e. The molecule has 0 heterocycles. The summed E-state index contributed by atoms with van der Waals surface area (Å²) in [5.74, 6) is 0.578. The summed E-state index contributed by atoms with van der Waals surface area (Å²) in [6, 6.07) is 1.96. The second-order valence-electron chi connectivity index (χ2n) is 4.62. The van der Waals surface area contributed by atoms with Gasteiger partial charge in [0.1, 0.15) is 0 Å². The molecule has 0 fully saturated rings. The Labute approximate surface area is 78.3 Å². The summed E-state index contributed by atoms with van der Waals surface area (Å²) >= 11 is 0. The van der Waals surface area contributed by atoms with Gasteiger partial charge in [-0.1, -0.05) is 41.5 Å². The SMILES string of the molecule is CC[Si](O)(CC)C(C)(C)C(C)C. The Balaban J connectivity index is 4.70. The first-order valence-corrected chi connectivity index (χ1v) is 7.40. The maximum atomic E-state index is 10.5. The van der Waals surface area contributed by atoms with Crippen molar-refractivity contribution in [3.05, 3.63) is 0 Å².